The summed E-state index contributed by atoms with van der Waals surface area (Å²) in [6.07, 6.45) is 11.7. The van der Waals surface area contributed by atoms with E-state index in [0.29, 0.717) is 4.90 Å². The predicted octanol–water partition coefficient (Wildman–Crippen LogP) is 5.78. The molecule has 0 amide bonds. The van der Waals surface area contributed by atoms with Crippen LogP contribution in [0, 0.1) is 5.82 Å². The summed E-state index contributed by atoms with van der Waals surface area (Å²) in [6, 6.07) is 7.10. The first-order chi connectivity index (χ1) is 10.2. The van der Waals surface area contributed by atoms with Crippen LogP contribution < -0.4 is 5.73 Å². The Balaban J connectivity index is 1.99. The second kappa shape index (κ2) is 12.0. The Morgan fingerprint density at radius 3 is 2.29 bits per heavy atom. The van der Waals surface area contributed by atoms with E-state index in [-0.39, 0.29) is 11.9 Å². The van der Waals surface area contributed by atoms with Crippen molar-refractivity contribution in [2.24, 2.45) is 5.73 Å². The number of rotatable bonds is 12. The zero-order valence-electron chi connectivity index (χ0n) is 13.3. The smallest absolute Gasteiger partial charge is 0.136 e. The van der Waals surface area contributed by atoms with Crippen molar-refractivity contribution >= 4 is 11.8 Å². The SMILES string of the molecule is CCCCCCCCCCC(N)CSc1ccccc1F. The molecule has 0 spiro atoms. The monoisotopic (exact) mass is 311 g/mol. The molecule has 1 unspecified atom stereocenters. The van der Waals surface area contributed by atoms with Gasteiger partial charge in [0.2, 0.25) is 0 Å². The molecule has 0 bridgehead atoms. The molecule has 0 fully saturated rings. The van der Waals surface area contributed by atoms with Crippen LogP contribution in [0.3, 0.4) is 0 Å². The van der Waals surface area contributed by atoms with Crippen LogP contribution in [0.2, 0.25) is 0 Å². The molecule has 0 saturated carbocycles. The van der Waals surface area contributed by atoms with Crippen molar-refractivity contribution in [1.82, 2.24) is 0 Å². The minimum atomic E-state index is -0.137. The van der Waals surface area contributed by atoms with Crippen LogP contribution in [0.5, 0.6) is 0 Å². The molecule has 21 heavy (non-hydrogen) atoms. The molecule has 0 aliphatic carbocycles. The van der Waals surface area contributed by atoms with Crippen molar-refractivity contribution in [3.05, 3.63) is 30.1 Å². The number of hydrogen-bond acceptors (Lipinski definition) is 2. The summed E-state index contributed by atoms with van der Waals surface area (Å²) in [7, 11) is 0. The van der Waals surface area contributed by atoms with Crippen LogP contribution in [0.15, 0.2) is 29.2 Å². The molecule has 1 aromatic rings. The average molecular weight is 312 g/mol. The highest BCUT2D eigenvalue weighted by molar-refractivity contribution is 7.99. The fraction of sp³-hybridized carbons (Fsp3) is 0.667. The molecule has 0 aliphatic heterocycles. The minimum absolute atomic E-state index is 0.137. The second-order valence-electron chi connectivity index (χ2n) is 5.77. The first kappa shape index (κ1) is 18.5. The van der Waals surface area contributed by atoms with Crippen molar-refractivity contribution in [3.63, 3.8) is 0 Å². The Morgan fingerprint density at radius 1 is 1.00 bits per heavy atom. The highest BCUT2D eigenvalue weighted by atomic mass is 32.2. The Kier molecular flexibility index (Phi) is 10.6. The van der Waals surface area contributed by atoms with E-state index in [1.165, 1.54) is 69.2 Å². The summed E-state index contributed by atoms with van der Waals surface area (Å²) in [5, 5.41) is 0. The normalized spacial score (nSPS) is 12.5. The molecule has 1 aromatic carbocycles. The fourth-order valence-electron chi connectivity index (χ4n) is 2.38. The Morgan fingerprint density at radius 2 is 1.62 bits per heavy atom. The van der Waals surface area contributed by atoms with E-state index < -0.39 is 0 Å². The van der Waals surface area contributed by atoms with Crippen molar-refractivity contribution in [2.45, 2.75) is 75.6 Å². The maximum atomic E-state index is 13.5. The third-order valence-electron chi connectivity index (χ3n) is 3.72. The van der Waals surface area contributed by atoms with Crippen LogP contribution >= 0.6 is 11.8 Å². The zero-order chi connectivity index (χ0) is 15.3. The van der Waals surface area contributed by atoms with Gasteiger partial charge in [-0.25, -0.2) is 4.39 Å². The fourth-order valence-corrected chi connectivity index (χ4v) is 3.32. The van der Waals surface area contributed by atoms with Gasteiger partial charge in [0, 0.05) is 16.7 Å². The lowest BCUT2D eigenvalue weighted by Gasteiger charge is -2.11. The number of hydrogen-bond donors (Lipinski definition) is 1. The van der Waals surface area contributed by atoms with Crippen molar-refractivity contribution in [1.29, 1.82) is 0 Å². The van der Waals surface area contributed by atoms with Gasteiger partial charge in [-0.15, -0.1) is 11.8 Å². The molecule has 0 radical (unpaired) electrons. The standard InChI is InChI=1S/C18H30FNS/c1-2-3-4-5-6-7-8-9-12-16(20)15-21-18-14-11-10-13-17(18)19/h10-11,13-14,16H,2-9,12,15,20H2,1H3. The molecule has 1 nitrogen and oxygen atoms in total. The van der Waals surface area contributed by atoms with Gasteiger partial charge in [-0.05, 0) is 18.6 Å². The number of unbranched alkanes of at least 4 members (excludes halogenated alkanes) is 7. The topological polar surface area (TPSA) is 26.0 Å². The van der Waals surface area contributed by atoms with Crippen LogP contribution in [-0.2, 0) is 0 Å². The molecule has 1 atom stereocenters. The maximum Gasteiger partial charge on any atom is 0.136 e. The number of halogens is 1. The maximum absolute atomic E-state index is 13.5. The molecule has 0 heterocycles. The van der Waals surface area contributed by atoms with E-state index in [1.807, 2.05) is 12.1 Å². The summed E-state index contributed by atoms with van der Waals surface area (Å²) >= 11 is 1.53. The van der Waals surface area contributed by atoms with Crippen molar-refractivity contribution in [2.75, 3.05) is 5.75 Å². The molecule has 120 valence electrons. The van der Waals surface area contributed by atoms with Gasteiger partial charge in [0.15, 0.2) is 0 Å². The second-order valence-corrected chi connectivity index (χ2v) is 6.83. The number of nitrogens with two attached hydrogens (primary N) is 1. The molecule has 0 aromatic heterocycles. The minimum Gasteiger partial charge on any atom is -0.327 e. The molecule has 2 N–H and O–H groups in total. The third-order valence-corrected chi connectivity index (χ3v) is 4.95. The van der Waals surface area contributed by atoms with E-state index in [4.69, 9.17) is 5.73 Å². The quantitative estimate of drug-likeness (QED) is 0.391. The van der Waals surface area contributed by atoms with E-state index >= 15 is 0 Å². The van der Waals surface area contributed by atoms with Gasteiger partial charge in [0.25, 0.3) is 0 Å². The lowest BCUT2D eigenvalue weighted by atomic mass is 10.1. The van der Waals surface area contributed by atoms with Gasteiger partial charge in [0.05, 0.1) is 0 Å². The highest BCUT2D eigenvalue weighted by Crippen LogP contribution is 2.22. The number of benzene rings is 1. The van der Waals surface area contributed by atoms with E-state index in [1.54, 1.807) is 6.07 Å². The summed E-state index contributed by atoms with van der Waals surface area (Å²) in [6.45, 7) is 2.25. The van der Waals surface area contributed by atoms with Gasteiger partial charge in [-0.2, -0.15) is 0 Å². The van der Waals surface area contributed by atoms with Gasteiger partial charge in [-0.1, -0.05) is 70.4 Å². The molecular formula is C18H30FNS. The Hall–Kier alpha value is -0.540. The Bertz CT molecular complexity index is 370. The highest BCUT2D eigenvalue weighted by Gasteiger charge is 2.06. The molecule has 1 rings (SSSR count). The zero-order valence-corrected chi connectivity index (χ0v) is 14.1. The summed E-state index contributed by atoms with van der Waals surface area (Å²) in [5.41, 5.74) is 6.11. The summed E-state index contributed by atoms with van der Waals surface area (Å²) < 4.78 is 13.5. The summed E-state index contributed by atoms with van der Waals surface area (Å²) in [5.74, 6) is 0.666. The largest absolute Gasteiger partial charge is 0.327 e. The van der Waals surface area contributed by atoms with Crippen molar-refractivity contribution < 1.29 is 4.39 Å². The van der Waals surface area contributed by atoms with Gasteiger partial charge in [-0.3, -0.25) is 0 Å². The van der Waals surface area contributed by atoms with Gasteiger partial charge >= 0.3 is 0 Å². The number of thioether (sulfide) groups is 1. The molecule has 3 heteroatoms. The van der Waals surface area contributed by atoms with E-state index in [9.17, 15) is 4.39 Å². The van der Waals surface area contributed by atoms with Crippen LogP contribution in [-0.4, -0.2) is 11.8 Å². The predicted molar refractivity (Wildman–Crippen MR) is 92.3 cm³/mol. The molecular weight excluding hydrogens is 281 g/mol. The first-order valence-electron chi connectivity index (χ1n) is 8.37. The van der Waals surface area contributed by atoms with Crippen molar-refractivity contribution in [3.8, 4) is 0 Å². The van der Waals surface area contributed by atoms with E-state index in [2.05, 4.69) is 6.92 Å². The van der Waals surface area contributed by atoms with Gasteiger partial charge in [0.1, 0.15) is 5.82 Å². The lowest BCUT2D eigenvalue weighted by Crippen LogP contribution is -2.22. The first-order valence-corrected chi connectivity index (χ1v) is 9.35. The molecule has 0 saturated heterocycles. The third kappa shape index (κ3) is 9.15. The van der Waals surface area contributed by atoms with E-state index in [0.717, 1.165) is 12.2 Å². The average Bonchev–Trinajstić information content (AvgIpc) is 2.49. The summed E-state index contributed by atoms with van der Waals surface area (Å²) in [4.78, 5) is 0.712. The van der Waals surface area contributed by atoms with Gasteiger partial charge < -0.3 is 5.73 Å². The van der Waals surface area contributed by atoms with Crippen LogP contribution in [0.4, 0.5) is 4.39 Å². The molecule has 0 aliphatic rings. The van der Waals surface area contributed by atoms with Crippen LogP contribution in [0.1, 0.15) is 64.7 Å². The van der Waals surface area contributed by atoms with Crippen LogP contribution in [0.25, 0.3) is 0 Å². The lowest BCUT2D eigenvalue weighted by molar-refractivity contribution is 0.543. The Labute approximate surface area is 133 Å².